The molecule has 0 saturated heterocycles. The van der Waals surface area contributed by atoms with Crippen LogP contribution in [0.4, 0.5) is 5.69 Å². The Balaban J connectivity index is 1.96. The summed E-state index contributed by atoms with van der Waals surface area (Å²) in [6.45, 7) is 3.52. The number of nitrogens with one attached hydrogen (secondary N) is 1. The molecule has 90 valence electrons. The molecule has 0 unspecified atom stereocenters. The monoisotopic (exact) mass is 311 g/mol. The number of benzene rings is 1. The maximum absolute atomic E-state index is 5.46. The second-order valence-electron chi connectivity index (χ2n) is 3.55. The maximum atomic E-state index is 5.46. The number of ether oxygens (including phenoxy) is 1. The molecule has 0 bridgehead atoms. The zero-order valence-corrected chi connectivity index (χ0v) is 12.0. The van der Waals surface area contributed by atoms with E-state index in [1.54, 1.807) is 11.3 Å². The van der Waals surface area contributed by atoms with Crippen LogP contribution in [0.25, 0.3) is 0 Å². The predicted molar refractivity (Wildman–Crippen MR) is 77.0 cm³/mol. The van der Waals surface area contributed by atoms with Crippen LogP contribution in [0.3, 0.4) is 0 Å². The van der Waals surface area contributed by atoms with Gasteiger partial charge in [0.15, 0.2) is 0 Å². The fraction of sp³-hybridized carbons (Fsp3) is 0.231. The van der Waals surface area contributed by atoms with Gasteiger partial charge in [-0.25, -0.2) is 0 Å². The van der Waals surface area contributed by atoms with E-state index in [0.717, 1.165) is 22.5 Å². The van der Waals surface area contributed by atoms with Gasteiger partial charge in [0, 0.05) is 33.0 Å². The SMILES string of the molecule is CCOc1cccc(NCc2cc(Br)cs2)c1. The topological polar surface area (TPSA) is 21.3 Å². The van der Waals surface area contributed by atoms with Crippen LogP contribution in [0.2, 0.25) is 0 Å². The fourth-order valence-corrected chi connectivity index (χ4v) is 2.89. The van der Waals surface area contributed by atoms with Crippen molar-refractivity contribution in [1.82, 2.24) is 0 Å². The molecule has 1 aromatic heterocycles. The quantitative estimate of drug-likeness (QED) is 0.876. The largest absolute Gasteiger partial charge is 0.494 e. The molecule has 1 heterocycles. The van der Waals surface area contributed by atoms with E-state index in [0.29, 0.717) is 6.61 Å². The third-order valence-electron chi connectivity index (χ3n) is 2.23. The molecule has 1 aromatic carbocycles. The van der Waals surface area contributed by atoms with Crippen molar-refractivity contribution in [3.63, 3.8) is 0 Å². The maximum Gasteiger partial charge on any atom is 0.121 e. The van der Waals surface area contributed by atoms with Gasteiger partial charge in [0.05, 0.1) is 6.61 Å². The van der Waals surface area contributed by atoms with Gasteiger partial charge in [-0.1, -0.05) is 6.07 Å². The first-order valence-electron chi connectivity index (χ1n) is 5.47. The van der Waals surface area contributed by atoms with Crippen molar-refractivity contribution in [2.75, 3.05) is 11.9 Å². The van der Waals surface area contributed by atoms with E-state index in [1.165, 1.54) is 4.88 Å². The zero-order chi connectivity index (χ0) is 12.1. The zero-order valence-electron chi connectivity index (χ0n) is 9.57. The molecule has 2 aromatic rings. The summed E-state index contributed by atoms with van der Waals surface area (Å²) in [6.07, 6.45) is 0. The van der Waals surface area contributed by atoms with E-state index in [2.05, 4.69) is 32.7 Å². The minimum absolute atomic E-state index is 0.696. The molecule has 0 atom stereocenters. The Morgan fingerprint density at radius 2 is 2.24 bits per heavy atom. The molecular formula is C13H14BrNOS. The first-order valence-corrected chi connectivity index (χ1v) is 7.15. The smallest absolute Gasteiger partial charge is 0.121 e. The van der Waals surface area contributed by atoms with Gasteiger partial charge in [0.1, 0.15) is 5.75 Å². The molecule has 1 N–H and O–H groups in total. The Hall–Kier alpha value is -1.000. The van der Waals surface area contributed by atoms with Crippen LogP contribution in [0, 0.1) is 0 Å². The lowest BCUT2D eigenvalue weighted by Crippen LogP contribution is -1.98. The van der Waals surface area contributed by atoms with Gasteiger partial charge in [-0.2, -0.15) is 0 Å². The molecule has 0 amide bonds. The van der Waals surface area contributed by atoms with E-state index in [9.17, 15) is 0 Å². The van der Waals surface area contributed by atoms with Crippen LogP contribution in [0.5, 0.6) is 5.75 Å². The summed E-state index contributed by atoms with van der Waals surface area (Å²) in [5.74, 6) is 0.907. The van der Waals surface area contributed by atoms with Crippen LogP contribution in [0.15, 0.2) is 40.2 Å². The standard InChI is InChI=1S/C13H14BrNOS/c1-2-16-12-5-3-4-11(7-12)15-8-13-6-10(14)9-17-13/h3-7,9,15H,2,8H2,1H3. The summed E-state index contributed by atoms with van der Waals surface area (Å²) >= 11 is 5.20. The van der Waals surface area contributed by atoms with Gasteiger partial charge in [-0.3, -0.25) is 0 Å². The summed E-state index contributed by atoms with van der Waals surface area (Å²) < 4.78 is 6.60. The molecule has 2 rings (SSSR count). The molecule has 4 heteroatoms. The lowest BCUT2D eigenvalue weighted by atomic mass is 10.3. The summed E-state index contributed by atoms with van der Waals surface area (Å²) in [6, 6.07) is 10.2. The van der Waals surface area contributed by atoms with Crippen LogP contribution >= 0.6 is 27.3 Å². The van der Waals surface area contributed by atoms with Crippen molar-refractivity contribution in [3.05, 3.63) is 45.1 Å². The van der Waals surface area contributed by atoms with E-state index in [1.807, 2.05) is 31.2 Å². The van der Waals surface area contributed by atoms with Gasteiger partial charge in [-0.15, -0.1) is 11.3 Å². The average Bonchev–Trinajstić information content (AvgIpc) is 2.74. The van der Waals surface area contributed by atoms with Crippen molar-refractivity contribution < 1.29 is 4.74 Å². The Morgan fingerprint density at radius 1 is 1.35 bits per heavy atom. The highest BCUT2D eigenvalue weighted by atomic mass is 79.9. The Morgan fingerprint density at radius 3 is 2.94 bits per heavy atom. The van der Waals surface area contributed by atoms with E-state index < -0.39 is 0 Å². The van der Waals surface area contributed by atoms with Crippen LogP contribution < -0.4 is 10.1 Å². The number of thiophene rings is 1. The van der Waals surface area contributed by atoms with Crippen LogP contribution in [-0.2, 0) is 6.54 Å². The number of hydrogen-bond acceptors (Lipinski definition) is 3. The van der Waals surface area contributed by atoms with Crippen molar-refractivity contribution in [2.45, 2.75) is 13.5 Å². The predicted octanol–water partition coefficient (Wildman–Crippen LogP) is 4.52. The molecular weight excluding hydrogens is 298 g/mol. The van der Waals surface area contributed by atoms with Gasteiger partial charge < -0.3 is 10.1 Å². The first kappa shape index (κ1) is 12.5. The summed E-state index contributed by atoms with van der Waals surface area (Å²) in [5, 5.41) is 5.47. The third kappa shape index (κ3) is 3.75. The van der Waals surface area contributed by atoms with Gasteiger partial charge in [0.25, 0.3) is 0 Å². The molecule has 0 aliphatic rings. The van der Waals surface area contributed by atoms with E-state index in [4.69, 9.17) is 4.74 Å². The van der Waals surface area contributed by atoms with Crippen LogP contribution in [-0.4, -0.2) is 6.61 Å². The molecule has 0 fully saturated rings. The van der Waals surface area contributed by atoms with Gasteiger partial charge in [0.2, 0.25) is 0 Å². The van der Waals surface area contributed by atoms with Crippen molar-refractivity contribution in [1.29, 1.82) is 0 Å². The summed E-state index contributed by atoms with van der Waals surface area (Å²) in [4.78, 5) is 1.30. The summed E-state index contributed by atoms with van der Waals surface area (Å²) in [5.41, 5.74) is 1.08. The van der Waals surface area contributed by atoms with Crippen molar-refractivity contribution in [2.24, 2.45) is 0 Å². The highest BCUT2D eigenvalue weighted by Crippen LogP contribution is 2.22. The Labute approximate surface area is 114 Å². The van der Waals surface area contributed by atoms with Crippen molar-refractivity contribution in [3.8, 4) is 5.75 Å². The molecule has 2 nitrogen and oxygen atoms in total. The Kier molecular flexibility index (Phi) is 4.45. The Bertz CT molecular complexity index is 484. The van der Waals surface area contributed by atoms with E-state index >= 15 is 0 Å². The highest BCUT2D eigenvalue weighted by Gasteiger charge is 1.99. The summed E-state index contributed by atoms with van der Waals surface area (Å²) in [7, 11) is 0. The van der Waals surface area contributed by atoms with Crippen LogP contribution in [0.1, 0.15) is 11.8 Å². The second kappa shape index (κ2) is 6.07. The number of anilines is 1. The highest BCUT2D eigenvalue weighted by molar-refractivity contribution is 9.10. The molecule has 0 saturated carbocycles. The average molecular weight is 312 g/mol. The minimum atomic E-state index is 0.696. The molecule has 17 heavy (non-hydrogen) atoms. The minimum Gasteiger partial charge on any atom is -0.494 e. The number of halogens is 1. The lowest BCUT2D eigenvalue weighted by Gasteiger charge is -2.07. The van der Waals surface area contributed by atoms with E-state index in [-0.39, 0.29) is 0 Å². The number of rotatable bonds is 5. The molecule has 0 aliphatic carbocycles. The lowest BCUT2D eigenvalue weighted by molar-refractivity contribution is 0.340. The first-order chi connectivity index (χ1) is 8.28. The molecule has 0 aliphatic heterocycles. The number of hydrogen-bond donors (Lipinski definition) is 1. The second-order valence-corrected chi connectivity index (χ2v) is 5.46. The molecule has 0 radical (unpaired) electrons. The van der Waals surface area contributed by atoms with Crippen molar-refractivity contribution >= 4 is 33.0 Å². The van der Waals surface area contributed by atoms with Gasteiger partial charge in [-0.05, 0) is 41.1 Å². The third-order valence-corrected chi connectivity index (χ3v) is 3.93. The fourth-order valence-electron chi connectivity index (χ4n) is 1.50. The van der Waals surface area contributed by atoms with Gasteiger partial charge >= 0.3 is 0 Å². The normalized spacial score (nSPS) is 10.2. The molecule has 0 spiro atoms.